The van der Waals surface area contributed by atoms with Gasteiger partial charge in [-0.15, -0.1) is 11.3 Å². The molecule has 0 aliphatic heterocycles. The van der Waals surface area contributed by atoms with E-state index in [-0.39, 0.29) is 16.7 Å². The van der Waals surface area contributed by atoms with E-state index in [0.717, 1.165) is 28.1 Å². The van der Waals surface area contributed by atoms with Gasteiger partial charge in [-0.3, -0.25) is 14.2 Å². The molecule has 3 rings (SSSR count). The monoisotopic (exact) mass is 419 g/mol. The topological polar surface area (TPSA) is 77.1 Å². The molecule has 6 nitrogen and oxygen atoms in total. The third kappa shape index (κ3) is 4.33. The van der Waals surface area contributed by atoms with Gasteiger partial charge in [-0.1, -0.05) is 25.1 Å². The normalized spacial score (nSPS) is 12.4. The Morgan fingerprint density at radius 2 is 2.21 bits per heavy atom. The van der Waals surface area contributed by atoms with E-state index in [2.05, 4.69) is 12.2 Å². The third-order valence-corrected chi connectivity index (χ3v) is 6.85. The average Bonchev–Trinajstić information content (AvgIpc) is 3.28. The first-order valence-corrected chi connectivity index (χ1v) is 11.1. The molecule has 1 N–H and O–H groups in total. The van der Waals surface area contributed by atoms with Crippen molar-refractivity contribution in [3.63, 3.8) is 0 Å². The maximum absolute atomic E-state index is 13.1. The van der Waals surface area contributed by atoms with Crippen molar-refractivity contribution in [2.45, 2.75) is 64.0 Å². The molecule has 1 amide bonds. The Hall–Kier alpha value is -2.06. The number of thiophene rings is 1. The summed E-state index contributed by atoms with van der Waals surface area (Å²) in [6, 6.07) is 3.60. The first kappa shape index (κ1) is 20.7. The van der Waals surface area contributed by atoms with Gasteiger partial charge in [0, 0.05) is 11.4 Å². The maximum Gasteiger partial charge on any atom is 0.263 e. The molecule has 1 atom stereocenters. The van der Waals surface area contributed by atoms with Crippen molar-refractivity contribution in [2.75, 3.05) is 0 Å². The van der Waals surface area contributed by atoms with Crippen LogP contribution in [0.1, 0.15) is 42.9 Å². The minimum Gasteiger partial charge on any atom is -0.467 e. The molecule has 0 spiro atoms. The van der Waals surface area contributed by atoms with E-state index in [1.54, 1.807) is 16.9 Å². The quantitative estimate of drug-likeness (QED) is 0.436. The van der Waals surface area contributed by atoms with Crippen LogP contribution in [0.3, 0.4) is 0 Å². The standard InChI is InChI=1S/C20H25N3O3S2/c1-5-6-9-23-19(25)16-12(2)13(3)27-18(16)22-20(23)28-14(4)17(24)21-11-15-8-7-10-26-15/h7-8,10,14H,5-6,9,11H2,1-4H3,(H,21,24). The van der Waals surface area contributed by atoms with Crippen LogP contribution in [0.15, 0.2) is 32.8 Å². The van der Waals surface area contributed by atoms with Gasteiger partial charge in [0.1, 0.15) is 10.6 Å². The van der Waals surface area contributed by atoms with Crippen molar-refractivity contribution < 1.29 is 9.21 Å². The molecule has 150 valence electrons. The van der Waals surface area contributed by atoms with E-state index in [4.69, 9.17) is 9.40 Å². The molecule has 0 saturated heterocycles. The van der Waals surface area contributed by atoms with E-state index in [1.807, 2.05) is 26.8 Å². The number of hydrogen-bond donors (Lipinski definition) is 1. The number of nitrogens with zero attached hydrogens (tertiary/aromatic N) is 2. The average molecular weight is 420 g/mol. The van der Waals surface area contributed by atoms with Crippen molar-refractivity contribution in [2.24, 2.45) is 0 Å². The van der Waals surface area contributed by atoms with Crippen LogP contribution in [0.4, 0.5) is 0 Å². The summed E-state index contributed by atoms with van der Waals surface area (Å²) in [7, 11) is 0. The van der Waals surface area contributed by atoms with Gasteiger partial charge >= 0.3 is 0 Å². The predicted octanol–water partition coefficient (Wildman–Crippen LogP) is 4.26. The molecular weight excluding hydrogens is 394 g/mol. The smallest absolute Gasteiger partial charge is 0.263 e. The maximum atomic E-state index is 13.1. The summed E-state index contributed by atoms with van der Waals surface area (Å²) in [5.41, 5.74) is 0.995. The third-order valence-electron chi connectivity index (χ3n) is 4.66. The molecular formula is C20H25N3O3S2. The van der Waals surface area contributed by atoms with Gasteiger partial charge in [0.15, 0.2) is 5.16 Å². The zero-order valence-corrected chi connectivity index (χ0v) is 18.2. The van der Waals surface area contributed by atoms with Crippen molar-refractivity contribution in [3.8, 4) is 0 Å². The Kier molecular flexibility index (Phi) is 6.61. The lowest BCUT2D eigenvalue weighted by Crippen LogP contribution is -2.31. The Bertz CT molecular complexity index is 1020. The zero-order chi connectivity index (χ0) is 20.3. The first-order valence-electron chi connectivity index (χ1n) is 9.39. The Labute approximate surface area is 172 Å². The summed E-state index contributed by atoms with van der Waals surface area (Å²) in [6.07, 6.45) is 3.45. The highest BCUT2D eigenvalue weighted by Gasteiger charge is 2.21. The number of hydrogen-bond acceptors (Lipinski definition) is 6. The molecule has 0 aromatic carbocycles. The first-order chi connectivity index (χ1) is 13.4. The number of rotatable bonds is 8. The van der Waals surface area contributed by atoms with Crippen LogP contribution in [0.25, 0.3) is 10.2 Å². The molecule has 0 fully saturated rings. The zero-order valence-electron chi connectivity index (χ0n) is 16.6. The predicted molar refractivity (Wildman–Crippen MR) is 114 cm³/mol. The van der Waals surface area contributed by atoms with Gasteiger partial charge in [0.05, 0.1) is 23.4 Å². The number of nitrogens with one attached hydrogen (secondary N) is 1. The summed E-state index contributed by atoms with van der Waals surface area (Å²) in [5.74, 6) is 0.589. The fourth-order valence-corrected chi connectivity index (χ4v) is 4.88. The van der Waals surface area contributed by atoms with Gasteiger partial charge < -0.3 is 9.73 Å². The molecule has 28 heavy (non-hydrogen) atoms. The molecule has 0 bridgehead atoms. The highest BCUT2D eigenvalue weighted by atomic mass is 32.2. The number of aromatic nitrogens is 2. The van der Waals surface area contributed by atoms with Crippen LogP contribution in [0, 0.1) is 13.8 Å². The number of unbranched alkanes of at least 4 members (excludes halogenated alkanes) is 1. The van der Waals surface area contributed by atoms with E-state index in [1.165, 1.54) is 23.1 Å². The molecule has 3 aromatic heterocycles. The van der Waals surface area contributed by atoms with Gasteiger partial charge in [0.2, 0.25) is 5.91 Å². The Morgan fingerprint density at radius 1 is 1.43 bits per heavy atom. The van der Waals surface area contributed by atoms with E-state index >= 15 is 0 Å². The molecule has 1 unspecified atom stereocenters. The molecule has 3 heterocycles. The van der Waals surface area contributed by atoms with Gasteiger partial charge in [0.25, 0.3) is 5.56 Å². The molecule has 0 aliphatic rings. The lowest BCUT2D eigenvalue weighted by molar-refractivity contribution is -0.120. The lowest BCUT2D eigenvalue weighted by Gasteiger charge is -2.15. The van der Waals surface area contributed by atoms with E-state index < -0.39 is 0 Å². The highest BCUT2D eigenvalue weighted by Crippen LogP contribution is 2.29. The van der Waals surface area contributed by atoms with Crippen LogP contribution in [-0.2, 0) is 17.9 Å². The fourth-order valence-electron chi connectivity index (χ4n) is 2.85. The Balaban J connectivity index is 1.85. The van der Waals surface area contributed by atoms with E-state index in [9.17, 15) is 9.59 Å². The number of carbonyl (C=O) groups is 1. The number of carbonyl (C=O) groups excluding carboxylic acids is 1. The van der Waals surface area contributed by atoms with E-state index in [0.29, 0.717) is 29.4 Å². The SMILES string of the molecule is CCCCn1c(SC(C)C(=O)NCc2ccco2)nc2sc(C)c(C)c2c1=O. The van der Waals surface area contributed by atoms with Gasteiger partial charge in [-0.25, -0.2) is 4.98 Å². The second-order valence-electron chi connectivity index (χ2n) is 6.73. The summed E-state index contributed by atoms with van der Waals surface area (Å²) >= 11 is 2.86. The van der Waals surface area contributed by atoms with Gasteiger partial charge in [-0.05, 0) is 44.9 Å². The second kappa shape index (κ2) is 8.96. The van der Waals surface area contributed by atoms with Crippen LogP contribution < -0.4 is 10.9 Å². The van der Waals surface area contributed by atoms with Crippen LogP contribution in [0.5, 0.6) is 0 Å². The second-order valence-corrected chi connectivity index (χ2v) is 9.24. The highest BCUT2D eigenvalue weighted by molar-refractivity contribution is 8.00. The van der Waals surface area contributed by atoms with Crippen LogP contribution in [-0.4, -0.2) is 20.7 Å². The van der Waals surface area contributed by atoms with Crippen molar-refractivity contribution >= 4 is 39.2 Å². The van der Waals surface area contributed by atoms with Crippen molar-refractivity contribution in [3.05, 3.63) is 45.0 Å². The summed E-state index contributed by atoms with van der Waals surface area (Å²) in [5, 5.41) is 3.80. The van der Waals surface area contributed by atoms with Crippen LogP contribution >= 0.6 is 23.1 Å². The number of thioether (sulfide) groups is 1. The van der Waals surface area contributed by atoms with Crippen LogP contribution in [0.2, 0.25) is 0 Å². The molecule has 8 heteroatoms. The Morgan fingerprint density at radius 3 is 2.89 bits per heavy atom. The molecule has 3 aromatic rings. The summed E-state index contributed by atoms with van der Waals surface area (Å²) < 4.78 is 6.97. The lowest BCUT2D eigenvalue weighted by atomic mass is 10.2. The summed E-state index contributed by atoms with van der Waals surface area (Å²) in [6.45, 7) is 8.85. The largest absolute Gasteiger partial charge is 0.467 e. The van der Waals surface area contributed by atoms with Crippen molar-refractivity contribution in [1.29, 1.82) is 0 Å². The molecule has 0 radical (unpaired) electrons. The molecule has 0 saturated carbocycles. The minimum atomic E-state index is -0.380. The number of fused-ring (bicyclic) bond motifs is 1. The number of amides is 1. The fraction of sp³-hybridized carbons (Fsp3) is 0.450. The minimum absolute atomic E-state index is 0.00834. The van der Waals surface area contributed by atoms with Crippen molar-refractivity contribution in [1.82, 2.24) is 14.9 Å². The van der Waals surface area contributed by atoms with Gasteiger partial charge in [-0.2, -0.15) is 0 Å². The number of furan rings is 1. The molecule has 0 aliphatic carbocycles. The number of aryl methyl sites for hydroxylation is 2. The summed E-state index contributed by atoms with van der Waals surface area (Å²) in [4.78, 5) is 32.2.